The van der Waals surface area contributed by atoms with Gasteiger partial charge in [-0.1, -0.05) is 12.1 Å². The standard InChI is InChI=1S/C18H28N4O.HI/c1-3-19-18(21-15-8-9-15)20-12-14-10-11-22(13-14)16-6-4-5-7-17(16)23-2;/h4-7,14-15H,3,8-13H2,1-2H3,(H2,19,20,21);1H. The highest BCUT2D eigenvalue weighted by Crippen LogP contribution is 2.32. The summed E-state index contributed by atoms with van der Waals surface area (Å²) in [5.74, 6) is 2.54. The second kappa shape index (κ2) is 9.34. The predicted octanol–water partition coefficient (Wildman–Crippen LogP) is 2.86. The number of nitrogens with zero attached hydrogens (tertiary/aromatic N) is 2. The molecule has 1 unspecified atom stereocenters. The van der Waals surface area contributed by atoms with E-state index in [4.69, 9.17) is 9.73 Å². The number of hydrogen-bond acceptors (Lipinski definition) is 3. The van der Waals surface area contributed by atoms with Crippen molar-refractivity contribution < 1.29 is 4.74 Å². The molecule has 1 aliphatic heterocycles. The Labute approximate surface area is 162 Å². The third-order valence-corrected chi connectivity index (χ3v) is 4.48. The van der Waals surface area contributed by atoms with Gasteiger partial charge in [-0.15, -0.1) is 24.0 Å². The Kier molecular flexibility index (Phi) is 7.45. The van der Waals surface area contributed by atoms with Crippen LogP contribution in [0.1, 0.15) is 26.2 Å². The first-order valence-corrected chi connectivity index (χ1v) is 8.73. The van der Waals surface area contributed by atoms with E-state index in [1.807, 2.05) is 12.1 Å². The second-order valence-electron chi connectivity index (χ2n) is 6.41. The van der Waals surface area contributed by atoms with Crippen LogP contribution >= 0.6 is 24.0 Å². The van der Waals surface area contributed by atoms with Crippen LogP contribution < -0.4 is 20.3 Å². The molecule has 2 aliphatic rings. The molecule has 134 valence electrons. The number of ether oxygens (including phenoxy) is 1. The Morgan fingerprint density at radius 2 is 2.08 bits per heavy atom. The summed E-state index contributed by atoms with van der Waals surface area (Å²) in [6, 6.07) is 8.91. The number of hydrogen-bond donors (Lipinski definition) is 2. The Morgan fingerprint density at radius 3 is 2.79 bits per heavy atom. The summed E-state index contributed by atoms with van der Waals surface area (Å²) in [6.07, 6.45) is 3.73. The number of methoxy groups -OCH3 is 1. The maximum absolute atomic E-state index is 5.48. The molecule has 0 spiro atoms. The molecule has 2 fully saturated rings. The third-order valence-electron chi connectivity index (χ3n) is 4.48. The molecule has 24 heavy (non-hydrogen) atoms. The van der Waals surface area contributed by atoms with Crippen molar-refractivity contribution in [1.29, 1.82) is 0 Å². The fourth-order valence-electron chi connectivity index (χ4n) is 3.05. The molecule has 1 saturated carbocycles. The summed E-state index contributed by atoms with van der Waals surface area (Å²) in [4.78, 5) is 7.20. The van der Waals surface area contributed by atoms with Gasteiger partial charge in [0.05, 0.1) is 12.8 Å². The van der Waals surface area contributed by atoms with E-state index in [0.29, 0.717) is 12.0 Å². The zero-order valence-corrected chi connectivity index (χ0v) is 17.0. The average Bonchev–Trinajstić information content (AvgIpc) is 3.27. The van der Waals surface area contributed by atoms with Gasteiger partial charge in [0.2, 0.25) is 0 Å². The monoisotopic (exact) mass is 444 g/mol. The van der Waals surface area contributed by atoms with Crippen LogP contribution in [0.4, 0.5) is 5.69 Å². The third kappa shape index (κ3) is 5.16. The first kappa shape index (κ1) is 19.1. The van der Waals surface area contributed by atoms with Crippen molar-refractivity contribution in [3.05, 3.63) is 24.3 Å². The Hall–Kier alpha value is -1.18. The maximum atomic E-state index is 5.48. The molecule has 0 radical (unpaired) electrons. The summed E-state index contributed by atoms with van der Waals surface area (Å²) >= 11 is 0. The van der Waals surface area contributed by atoms with Crippen LogP contribution in [-0.4, -0.2) is 45.3 Å². The van der Waals surface area contributed by atoms with E-state index in [1.54, 1.807) is 7.11 Å². The van der Waals surface area contributed by atoms with E-state index in [-0.39, 0.29) is 24.0 Å². The highest BCUT2D eigenvalue weighted by Gasteiger charge is 2.25. The first-order valence-electron chi connectivity index (χ1n) is 8.73. The van der Waals surface area contributed by atoms with Gasteiger partial charge in [-0.2, -0.15) is 0 Å². The number of halogens is 1. The van der Waals surface area contributed by atoms with Crippen LogP contribution in [0, 0.1) is 5.92 Å². The molecule has 2 N–H and O–H groups in total. The SMILES string of the molecule is CCNC(=NCC1CCN(c2ccccc2OC)C1)NC1CC1.I. The van der Waals surface area contributed by atoms with Crippen LogP contribution in [-0.2, 0) is 0 Å². The molecule has 1 aromatic carbocycles. The van der Waals surface area contributed by atoms with E-state index < -0.39 is 0 Å². The highest BCUT2D eigenvalue weighted by atomic mass is 127. The van der Waals surface area contributed by atoms with Gasteiger partial charge in [-0.05, 0) is 44.2 Å². The number of para-hydroxylation sites is 2. The number of rotatable bonds is 6. The van der Waals surface area contributed by atoms with Crippen molar-refractivity contribution >= 4 is 35.6 Å². The molecular weight excluding hydrogens is 415 g/mol. The van der Waals surface area contributed by atoms with Crippen molar-refractivity contribution in [1.82, 2.24) is 10.6 Å². The first-order chi connectivity index (χ1) is 11.3. The molecule has 3 rings (SSSR count). The van der Waals surface area contributed by atoms with Crippen molar-refractivity contribution in [2.45, 2.75) is 32.2 Å². The van der Waals surface area contributed by atoms with Crippen LogP contribution in [0.25, 0.3) is 0 Å². The van der Waals surface area contributed by atoms with E-state index in [1.165, 1.54) is 24.9 Å². The van der Waals surface area contributed by atoms with E-state index in [0.717, 1.165) is 37.9 Å². The van der Waals surface area contributed by atoms with Crippen molar-refractivity contribution in [2.24, 2.45) is 10.9 Å². The number of aliphatic imine (C=N–C) groups is 1. The van der Waals surface area contributed by atoms with Gasteiger partial charge < -0.3 is 20.3 Å². The van der Waals surface area contributed by atoms with Crippen molar-refractivity contribution in [3.63, 3.8) is 0 Å². The lowest BCUT2D eigenvalue weighted by Gasteiger charge is -2.21. The zero-order chi connectivity index (χ0) is 16.1. The molecule has 0 amide bonds. The number of nitrogens with one attached hydrogen (secondary N) is 2. The minimum absolute atomic E-state index is 0. The Bertz CT molecular complexity index is 548. The molecule has 1 atom stereocenters. The molecular formula is C18H29IN4O. The van der Waals surface area contributed by atoms with Crippen LogP contribution in [0.3, 0.4) is 0 Å². The molecule has 1 aromatic rings. The minimum atomic E-state index is 0. The molecule has 5 nitrogen and oxygen atoms in total. The zero-order valence-electron chi connectivity index (χ0n) is 14.6. The molecule has 0 bridgehead atoms. The highest BCUT2D eigenvalue weighted by molar-refractivity contribution is 14.0. The molecule has 0 aromatic heterocycles. The van der Waals surface area contributed by atoms with Crippen molar-refractivity contribution in [3.8, 4) is 5.75 Å². The number of benzene rings is 1. The molecule has 1 saturated heterocycles. The second-order valence-corrected chi connectivity index (χ2v) is 6.41. The largest absolute Gasteiger partial charge is 0.495 e. The smallest absolute Gasteiger partial charge is 0.191 e. The van der Waals surface area contributed by atoms with Gasteiger partial charge >= 0.3 is 0 Å². The summed E-state index contributed by atoms with van der Waals surface area (Å²) in [6.45, 7) is 6.03. The van der Waals surface area contributed by atoms with Gasteiger partial charge in [0.15, 0.2) is 5.96 Å². The summed E-state index contributed by atoms with van der Waals surface area (Å²) in [5, 5.41) is 6.83. The van der Waals surface area contributed by atoms with Gasteiger partial charge in [0.1, 0.15) is 5.75 Å². The lowest BCUT2D eigenvalue weighted by Crippen LogP contribution is -2.39. The van der Waals surface area contributed by atoms with E-state index in [9.17, 15) is 0 Å². The quantitative estimate of drug-likeness (QED) is 0.403. The number of guanidine groups is 1. The topological polar surface area (TPSA) is 48.9 Å². The van der Waals surface area contributed by atoms with Crippen LogP contribution in [0.2, 0.25) is 0 Å². The Balaban J connectivity index is 0.00000208. The van der Waals surface area contributed by atoms with Crippen molar-refractivity contribution in [2.75, 3.05) is 38.2 Å². The van der Waals surface area contributed by atoms with Crippen LogP contribution in [0.15, 0.2) is 29.3 Å². The molecule has 6 heteroatoms. The van der Waals surface area contributed by atoms with Gasteiger partial charge in [-0.3, -0.25) is 4.99 Å². The average molecular weight is 444 g/mol. The van der Waals surface area contributed by atoms with E-state index in [2.05, 4.69) is 34.6 Å². The fraction of sp³-hybridized carbons (Fsp3) is 0.611. The maximum Gasteiger partial charge on any atom is 0.191 e. The lowest BCUT2D eigenvalue weighted by molar-refractivity contribution is 0.414. The minimum Gasteiger partial charge on any atom is -0.495 e. The molecule has 1 heterocycles. The van der Waals surface area contributed by atoms with E-state index >= 15 is 0 Å². The summed E-state index contributed by atoms with van der Waals surface area (Å²) in [5.41, 5.74) is 1.20. The fourth-order valence-corrected chi connectivity index (χ4v) is 3.05. The molecule has 1 aliphatic carbocycles. The summed E-state index contributed by atoms with van der Waals surface area (Å²) < 4.78 is 5.48. The lowest BCUT2D eigenvalue weighted by atomic mass is 10.1. The van der Waals surface area contributed by atoms with Crippen LogP contribution in [0.5, 0.6) is 5.75 Å². The van der Waals surface area contributed by atoms with Gasteiger partial charge in [0, 0.05) is 32.2 Å². The van der Waals surface area contributed by atoms with Gasteiger partial charge in [-0.25, -0.2) is 0 Å². The summed E-state index contributed by atoms with van der Waals surface area (Å²) in [7, 11) is 1.74. The predicted molar refractivity (Wildman–Crippen MR) is 111 cm³/mol. The number of anilines is 1. The Morgan fingerprint density at radius 1 is 1.29 bits per heavy atom. The van der Waals surface area contributed by atoms with Gasteiger partial charge in [0.25, 0.3) is 0 Å². The normalized spacial score (nSPS) is 20.5.